The molecule has 0 spiro atoms. The number of sulfonamides is 1. The van der Waals surface area contributed by atoms with Gasteiger partial charge in [-0.15, -0.1) is 0 Å². The largest absolute Gasteiger partial charge is 0.379 e. The van der Waals surface area contributed by atoms with Crippen LogP contribution in [0.3, 0.4) is 0 Å². The zero-order valence-electron chi connectivity index (χ0n) is 17.5. The Bertz CT molecular complexity index is 1130. The van der Waals surface area contributed by atoms with Gasteiger partial charge in [-0.1, -0.05) is 11.6 Å². The summed E-state index contributed by atoms with van der Waals surface area (Å²) in [6.45, 7) is 4.24. The molecule has 2 N–H and O–H groups in total. The molecule has 0 radical (unpaired) electrons. The van der Waals surface area contributed by atoms with Crippen LogP contribution >= 0.6 is 11.6 Å². The van der Waals surface area contributed by atoms with Gasteiger partial charge in [0, 0.05) is 30.3 Å². The second-order valence-corrected chi connectivity index (χ2v) is 9.75. The highest BCUT2D eigenvalue weighted by molar-refractivity contribution is 7.89. The third-order valence-corrected chi connectivity index (χ3v) is 6.92. The van der Waals surface area contributed by atoms with Crippen molar-refractivity contribution in [3.8, 4) is 0 Å². The van der Waals surface area contributed by atoms with Crippen LogP contribution in [0.4, 0.5) is 10.1 Å². The average molecular weight is 484 g/mol. The number of hydrogen-bond donors (Lipinski definition) is 2. The Labute approximate surface area is 190 Å². The lowest BCUT2D eigenvalue weighted by molar-refractivity contribution is 0.0729. The van der Waals surface area contributed by atoms with Crippen LogP contribution in [0.25, 0.3) is 0 Å². The highest BCUT2D eigenvalue weighted by Gasteiger charge is 2.30. The van der Waals surface area contributed by atoms with E-state index in [1.807, 2.05) is 13.8 Å². The number of morpholine rings is 1. The van der Waals surface area contributed by atoms with Crippen LogP contribution in [0.15, 0.2) is 41.3 Å². The molecule has 2 aromatic rings. The van der Waals surface area contributed by atoms with Gasteiger partial charge in [-0.2, -0.15) is 4.31 Å². The van der Waals surface area contributed by atoms with Crippen molar-refractivity contribution >= 4 is 39.1 Å². The normalized spacial score (nSPS) is 14.9. The average Bonchev–Trinajstić information content (AvgIpc) is 2.75. The molecule has 0 aliphatic carbocycles. The Morgan fingerprint density at radius 3 is 2.34 bits per heavy atom. The number of benzene rings is 2. The van der Waals surface area contributed by atoms with Crippen LogP contribution in [0.5, 0.6) is 0 Å². The van der Waals surface area contributed by atoms with Crippen molar-refractivity contribution in [1.82, 2.24) is 9.62 Å². The van der Waals surface area contributed by atoms with E-state index in [0.29, 0.717) is 0 Å². The first-order chi connectivity index (χ1) is 15.1. The van der Waals surface area contributed by atoms with Gasteiger partial charge in [0.25, 0.3) is 11.8 Å². The minimum absolute atomic E-state index is 0.0775. The Kier molecular flexibility index (Phi) is 7.50. The molecule has 0 aromatic heterocycles. The monoisotopic (exact) mass is 483 g/mol. The van der Waals surface area contributed by atoms with Crippen LogP contribution in [0.2, 0.25) is 5.02 Å². The summed E-state index contributed by atoms with van der Waals surface area (Å²) < 4.78 is 46.3. The van der Waals surface area contributed by atoms with Gasteiger partial charge in [0.2, 0.25) is 10.0 Å². The van der Waals surface area contributed by atoms with Gasteiger partial charge in [-0.3, -0.25) is 9.59 Å². The maximum absolute atomic E-state index is 14.4. The molecule has 172 valence electrons. The van der Waals surface area contributed by atoms with Crippen molar-refractivity contribution in [1.29, 1.82) is 0 Å². The van der Waals surface area contributed by atoms with Gasteiger partial charge < -0.3 is 15.4 Å². The first-order valence-electron chi connectivity index (χ1n) is 9.89. The molecule has 1 aliphatic heterocycles. The first-order valence-corrected chi connectivity index (χ1v) is 11.7. The highest BCUT2D eigenvalue weighted by Crippen LogP contribution is 2.26. The number of amides is 2. The number of nitrogens with one attached hydrogen (secondary N) is 2. The Balaban J connectivity index is 1.86. The molecular formula is C21H23ClFN3O5S. The van der Waals surface area contributed by atoms with E-state index in [4.69, 9.17) is 16.3 Å². The maximum Gasteiger partial charge on any atom is 0.255 e. The van der Waals surface area contributed by atoms with Gasteiger partial charge >= 0.3 is 0 Å². The highest BCUT2D eigenvalue weighted by atomic mass is 35.5. The van der Waals surface area contributed by atoms with Crippen molar-refractivity contribution < 1.29 is 27.1 Å². The number of anilines is 1. The minimum atomic E-state index is -4.14. The molecule has 0 atom stereocenters. The number of carbonyl (C=O) groups is 2. The molecule has 1 fully saturated rings. The van der Waals surface area contributed by atoms with Crippen LogP contribution in [0.1, 0.15) is 34.6 Å². The van der Waals surface area contributed by atoms with E-state index in [1.165, 1.54) is 24.3 Å². The number of hydrogen-bond acceptors (Lipinski definition) is 5. The van der Waals surface area contributed by atoms with Crippen molar-refractivity contribution in [3.05, 3.63) is 58.4 Å². The predicted octanol–water partition coefficient (Wildman–Crippen LogP) is 2.89. The molecule has 1 aliphatic rings. The summed E-state index contributed by atoms with van der Waals surface area (Å²) in [6.07, 6.45) is 0. The van der Waals surface area contributed by atoms with Gasteiger partial charge in [0.05, 0.1) is 23.9 Å². The van der Waals surface area contributed by atoms with E-state index in [0.717, 1.165) is 16.4 Å². The summed E-state index contributed by atoms with van der Waals surface area (Å²) >= 11 is 6.15. The molecule has 0 saturated carbocycles. The third-order valence-electron chi connectivity index (χ3n) is 4.68. The van der Waals surface area contributed by atoms with Crippen LogP contribution in [0, 0.1) is 5.82 Å². The number of halogens is 2. The number of rotatable bonds is 6. The van der Waals surface area contributed by atoms with Crippen molar-refractivity contribution in [2.24, 2.45) is 0 Å². The lowest BCUT2D eigenvalue weighted by atomic mass is 10.1. The summed E-state index contributed by atoms with van der Waals surface area (Å²) in [4.78, 5) is 24.4. The summed E-state index contributed by atoms with van der Waals surface area (Å²) in [5, 5.41) is 5.47. The van der Waals surface area contributed by atoms with Crippen LogP contribution < -0.4 is 10.6 Å². The van der Waals surface area contributed by atoms with Crippen molar-refractivity contribution in [2.75, 3.05) is 31.6 Å². The molecule has 0 bridgehead atoms. The SMILES string of the molecule is CC(C)NC(=O)c1ccc(Cl)c(NC(=O)c2ccc(F)c(S(=O)(=O)N3CCOCC3)c2)c1. The first kappa shape index (κ1) is 24.1. The van der Waals surface area contributed by atoms with Crippen molar-refractivity contribution in [3.63, 3.8) is 0 Å². The topological polar surface area (TPSA) is 105 Å². The van der Waals surface area contributed by atoms with E-state index in [1.54, 1.807) is 0 Å². The number of ether oxygens (including phenoxy) is 1. The molecule has 2 amide bonds. The molecule has 3 rings (SSSR count). The Morgan fingerprint density at radius 1 is 1.06 bits per heavy atom. The van der Waals surface area contributed by atoms with E-state index >= 15 is 0 Å². The van der Waals surface area contributed by atoms with E-state index in [-0.39, 0.29) is 60.1 Å². The minimum Gasteiger partial charge on any atom is -0.379 e. The standard InChI is InChI=1S/C21H23ClFN3O5S/c1-13(2)24-20(27)14-3-5-16(22)18(11-14)25-21(28)15-4-6-17(23)19(12-15)32(29,30)26-7-9-31-10-8-26/h3-6,11-13H,7-10H2,1-2H3,(H,24,27)(H,25,28). The number of nitrogens with zero attached hydrogens (tertiary/aromatic N) is 1. The van der Waals surface area contributed by atoms with Crippen LogP contribution in [-0.2, 0) is 14.8 Å². The smallest absolute Gasteiger partial charge is 0.255 e. The number of carbonyl (C=O) groups excluding carboxylic acids is 2. The molecule has 11 heteroatoms. The van der Waals surface area contributed by atoms with Crippen LogP contribution in [-0.4, -0.2) is 56.9 Å². The predicted molar refractivity (Wildman–Crippen MR) is 118 cm³/mol. The molecular weight excluding hydrogens is 461 g/mol. The fraction of sp³-hybridized carbons (Fsp3) is 0.333. The Morgan fingerprint density at radius 2 is 1.69 bits per heavy atom. The van der Waals surface area contributed by atoms with E-state index in [2.05, 4.69) is 10.6 Å². The zero-order chi connectivity index (χ0) is 23.5. The molecule has 1 heterocycles. The quantitative estimate of drug-likeness (QED) is 0.657. The molecule has 1 saturated heterocycles. The lowest BCUT2D eigenvalue weighted by Gasteiger charge is -2.26. The Hall–Kier alpha value is -2.53. The second-order valence-electron chi connectivity index (χ2n) is 7.44. The third kappa shape index (κ3) is 5.44. The summed E-state index contributed by atoms with van der Waals surface area (Å²) in [5.74, 6) is -2.00. The molecule has 2 aromatic carbocycles. The fourth-order valence-electron chi connectivity index (χ4n) is 3.07. The maximum atomic E-state index is 14.4. The van der Waals surface area contributed by atoms with E-state index < -0.39 is 26.6 Å². The fourth-order valence-corrected chi connectivity index (χ4v) is 4.73. The second kappa shape index (κ2) is 9.95. The molecule has 32 heavy (non-hydrogen) atoms. The lowest BCUT2D eigenvalue weighted by Crippen LogP contribution is -2.41. The van der Waals surface area contributed by atoms with Gasteiger partial charge in [0.15, 0.2) is 0 Å². The molecule has 0 unspecified atom stereocenters. The zero-order valence-corrected chi connectivity index (χ0v) is 19.1. The van der Waals surface area contributed by atoms with E-state index in [9.17, 15) is 22.4 Å². The van der Waals surface area contributed by atoms with Gasteiger partial charge in [-0.05, 0) is 50.2 Å². The van der Waals surface area contributed by atoms with Gasteiger partial charge in [0.1, 0.15) is 10.7 Å². The summed E-state index contributed by atoms with van der Waals surface area (Å²) in [6, 6.07) is 7.39. The molecule has 8 nitrogen and oxygen atoms in total. The van der Waals surface area contributed by atoms with Crippen molar-refractivity contribution in [2.45, 2.75) is 24.8 Å². The summed E-state index contributed by atoms with van der Waals surface area (Å²) in [7, 11) is -4.14. The van der Waals surface area contributed by atoms with Gasteiger partial charge in [-0.25, -0.2) is 12.8 Å². The summed E-state index contributed by atoms with van der Waals surface area (Å²) in [5.41, 5.74) is 0.370.